The van der Waals surface area contributed by atoms with E-state index in [4.69, 9.17) is 13.7 Å². The van der Waals surface area contributed by atoms with Crippen molar-refractivity contribution in [3.05, 3.63) is 30.2 Å². The summed E-state index contributed by atoms with van der Waals surface area (Å²) >= 11 is 0. The fourth-order valence-corrected chi connectivity index (χ4v) is 2.01. The summed E-state index contributed by atoms with van der Waals surface area (Å²) < 4.78 is 15.6. The molecule has 0 aliphatic carbocycles. The number of ether oxygens (including phenoxy) is 1. The van der Waals surface area contributed by atoms with Crippen molar-refractivity contribution in [3.63, 3.8) is 0 Å². The van der Waals surface area contributed by atoms with Gasteiger partial charge in [-0.2, -0.15) is 0 Å². The Balaban J connectivity index is 1.65. The number of aromatic nitrogens is 1. The van der Waals surface area contributed by atoms with Crippen LogP contribution in [-0.2, 0) is 16.0 Å². The molecule has 1 fully saturated rings. The normalized spacial score (nSPS) is 15.7. The van der Waals surface area contributed by atoms with E-state index in [9.17, 15) is 4.79 Å². The predicted octanol–water partition coefficient (Wildman–Crippen LogP) is 1.34. The van der Waals surface area contributed by atoms with Gasteiger partial charge in [0, 0.05) is 19.2 Å². The third-order valence-electron chi connectivity index (χ3n) is 3.02. The molecule has 0 spiro atoms. The van der Waals surface area contributed by atoms with Gasteiger partial charge in [0.2, 0.25) is 11.7 Å². The number of morpholine rings is 1. The highest BCUT2D eigenvalue weighted by atomic mass is 16.5. The minimum atomic E-state index is 0.0441. The first-order valence-electron chi connectivity index (χ1n) is 6.18. The Labute approximate surface area is 109 Å². The monoisotopic (exact) mass is 262 g/mol. The number of rotatable bonds is 3. The predicted molar refractivity (Wildman–Crippen MR) is 65.3 cm³/mol. The number of amides is 1. The molecule has 0 unspecified atom stereocenters. The Morgan fingerprint density at radius 2 is 2.16 bits per heavy atom. The summed E-state index contributed by atoms with van der Waals surface area (Å²) in [6.45, 7) is 2.48. The molecule has 0 N–H and O–H groups in total. The summed E-state index contributed by atoms with van der Waals surface area (Å²) in [5.74, 6) is 1.19. The number of nitrogens with zero attached hydrogens (tertiary/aromatic N) is 2. The third-order valence-corrected chi connectivity index (χ3v) is 3.02. The van der Waals surface area contributed by atoms with Crippen LogP contribution in [0.2, 0.25) is 0 Å². The third kappa shape index (κ3) is 2.68. The molecule has 3 rings (SSSR count). The van der Waals surface area contributed by atoms with Gasteiger partial charge < -0.3 is 18.6 Å². The van der Waals surface area contributed by atoms with Gasteiger partial charge in [-0.3, -0.25) is 4.79 Å². The van der Waals surface area contributed by atoms with Crippen molar-refractivity contribution in [2.75, 3.05) is 26.3 Å². The molecule has 6 nitrogen and oxygen atoms in total. The molecule has 3 heterocycles. The van der Waals surface area contributed by atoms with Gasteiger partial charge in [-0.15, -0.1) is 0 Å². The second kappa shape index (κ2) is 5.27. The second-order valence-electron chi connectivity index (χ2n) is 4.33. The van der Waals surface area contributed by atoms with E-state index >= 15 is 0 Å². The van der Waals surface area contributed by atoms with Gasteiger partial charge in [0.05, 0.1) is 31.6 Å². The molecule has 1 saturated heterocycles. The highest BCUT2D eigenvalue weighted by molar-refractivity contribution is 5.78. The fraction of sp³-hybridized carbons (Fsp3) is 0.385. The van der Waals surface area contributed by atoms with Crippen molar-refractivity contribution in [2.45, 2.75) is 6.42 Å². The fourth-order valence-electron chi connectivity index (χ4n) is 2.01. The molecule has 0 saturated carbocycles. The molecule has 0 radical (unpaired) electrons. The van der Waals surface area contributed by atoms with Crippen LogP contribution >= 0.6 is 0 Å². The first kappa shape index (κ1) is 12.0. The first-order chi connectivity index (χ1) is 9.33. The molecule has 0 aromatic carbocycles. The van der Waals surface area contributed by atoms with E-state index in [1.54, 1.807) is 29.4 Å². The van der Waals surface area contributed by atoms with E-state index in [1.807, 2.05) is 0 Å². The Kier molecular flexibility index (Phi) is 3.33. The molecule has 2 aromatic heterocycles. The number of carbonyl (C=O) groups excluding carboxylic acids is 1. The molecule has 0 atom stereocenters. The second-order valence-corrected chi connectivity index (χ2v) is 4.33. The summed E-state index contributed by atoms with van der Waals surface area (Å²) in [7, 11) is 0. The van der Waals surface area contributed by atoms with Crippen molar-refractivity contribution in [1.29, 1.82) is 0 Å². The van der Waals surface area contributed by atoms with Crippen LogP contribution in [0.1, 0.15) is 5.69 Å². The molecular weight excluding hydrogens is 248 g/mol. The maximum Gasteiger partial charge on any atom is 0.228 e. The topological polar surface area (TPSA) is 68.7 Å². The maximum absolute atomic E-state index is 12.0. The van der Waals surface area contributed by atoms with Crippen LogP contribution in [0.4, 0.5) is 0 Å². The quantitative estimate of drug-likeness (QED) is 0.834. The van der Waals surface area contributed by atoms with Gasteiger partial charge in [-0.1, -0.05) is 5.16 Å². The van der Waals surface area contributed by atoms with Crippen LogP contribution in [0.5, 0.6) is 0 Å². The van der Waals surface area contributed by atoms with Crippen LogP contribution in [0.3, 0.4) is 0 Å². The largest absolute Gasteiger partial charge is 0.461 e. The van der Waals surface area contributed by atoms with Gasteiger partial charge in [0.25, 0.3) is 0 Å². The summed E-state index contributed by atoms with van der Waals surface area (Å²) in [5, 5.41) is 3.89. The number of furan rings is 1. The molecule has 1 aliphatic heterocycles. The average molecular weight is 262 g/mol. The van der Waals surface area contributed by atoms with E-state index in [1.165, 1.54) is 0 Å². The Bertz CT molecular complexity index is 541. The van der Waals surface area contributed by atoms with Crippen molar-refractivity contribution >= 4 is 5.91 Å². The standard InChI is InChI=1S/C13H14N2O4/c16-13(15-3-6-17-7-4-15)9-10-8-12(19-14-10)11-2-1-5-18-11/h1-2,5,8H,3-4,6-7,9H2. The zero-order chi connectivity index (χ0) is 13.1. The lowest BCUT2D eigenvalue weighted by atomic mass is 10.2. The van der Waals surface area contributed by atoms with E-state index in [2.05, 4.69) is 5.16 Å². The lowest BCUT2D eigenvalue weighted by Crippen LogP contribution is -2.41. The number of hydrogen-bond acceptors (Lipinski definition) is 5. The average Bonchev–Trinajstić information content (AvgIpc) is 3.10. The first-order valence-corrected chi connectivity index (χ1v) is 6.18. The zero-order valence-corrected chi connectivity index (χ0v) is 10.4. The van der Waals surface area contributed by atoms with Gasteiger partial charge in [-0.05, 0) is 12.1 Å². The van der Waals surface area contributed by atoms with Crippen LogP contribution in [0.15, 0.2) is 33.4 Å². The summed E-state index contributed by atoms with van der Waals surface area (Å²) in [6.07, 6.45) is 1.81. The molecule has 1 aliphatic rings. The highest BCUT2D eigenvalue weighted by Crippen LogP contribution is 2.20. The lowest BCUT2D eigenvalue weighted by Gasteiger charge is -2.26. The minimum Gasteiger partial charge on any atom is -0.461 e. The van der Waals surface area contributed by atoms with Crippen molar-refractivity contribution < 1.29 is 18.5 Å². The van der Waals surface area contributed by atoms with Crippen molar-refractivity contribution in [2.24, 2.45) is 0 Å². The van der Waals surface area contributed by atoms with Crippen LogP contribution in [-0.4, -0.2) is 42.3 Å². The molecule has 2 aromatic rings. The zero-order valence-electron chi connectivity index (χ0n) is 10.4. The van der Waals surface area contributed by atoms with E-state index in [0.29, 0.717) is 43.5 Å². The van der Waals surface area contributed by atoms with Gasteiger partial charge >= 0.3 is 0 Å². The van der Waals surface area contributed by atoms with Gasteiger partial charge in [-0.25, -0.2) is 0 Å². The molecule has 6 heteroatoms. The lowest BCUT2D eigenvalue weighted by molar-refractivity contribution is -0.134. The Morgan fingerprint density at radius 3 is 2.89 bits per heavy atom. The number of hydrogen-bond donors (Lipinski definition) is 0. The molecular formula is C13H14N2O4. The van der Waals surface area contributed by atoms with Crippen molar-refractivity contribution in [1.82, 2.24) is 10.1 Å². The van der Waals surface area contributed by atoms with Gasteiger partial charge in [0.1, 0.15) is 0 Å². The summed E-state index contributed by atoms with van der Waals surface area (Å²) in [5.41, 5.74) is 0.614. The van der Waals surface area contributed by atoms with Crippen LogP contribution < -0.4 is 0 Å². The SMILES string of the molecule is O=C(Cc1cc(-c2ccco2)on1)N1CCOCC1. The van der Waals surface area contributed by atoms with Gasteiger partial charge in [0.15, 0.2) is 5.76 Å². The molecule has 100 valence electrons. The van der Waals surface area contributed by atoms with E-state index in [0.717, 1.165) is 0 Å². The molecule has 0 bridgehead atoms. The van der Waals surface area contributed by atoms with E-state index < -0.39 is 0 Å². The molecule has 1 amide bonds. The smallest absolute Gasteiger partial charge is 0.228 e. The van der Waals surface area contributed by atoms with Crippen LogP contribution in [0, 0.1) is 0 Å². The maximum atomic E-state index is 12.0. The molecule has 19 heavy (non-hydrogen) atoms. The van der Waals surface area contributed by atoms with Crippen molar-refractivity contribution in [3.8, 4) is 11.5 Å². The van der Waals surface area contributed by atoms with E-state index in [-0.39, 0.29) is 12.3 Å². The Hall–Kier alpha value is -2.08. The minimum absolute atomic E-state index is 0.0441. The highest BCUT2D eigenvalue weighted by Gasteiger charge is 2.19. The summed E-state index contributed by atoms with van der Waals surface area (Å²) in [6, 6.07) is 5.29. The van der Waals surface area contributed by atoms with Crippen LogP contribution in [0.25, 0.3) is 11.5 Å². The Morgan fingerprint density at radius 1 is 1.32 bits per heavy atom. The number of carbonyl (C=O) groups is 1. The summed E-state index contributed by atoms with van der Waals surface area (Å²) in [4.78, 5) is 13.8.